The van der Waals surface area contributed by atoms with Crippen LogP contribution in [0.4, 0.5) is 0 Å². The molecule has 1 unspecified atom stereocenters. The normalized spacial score (nSPS) is 22.3. The molecule has 1 N–H and O–H groups in total. The Morgan fingerprint density at radius 3 is 2.92 bits per heavy atom. The maximum absolute atomic E-state index is 5.58. The van der Waals surface area contributed by atoms with E-state index in [0.29, 0.717) is 12.5 Å². The predicted molar refractivity (Wildman–Crippen MR) is 91.0 cm³/mol. The van der Waals surface area contributed by atoms with Crippen molar-refractivity contribution in [3.8, 4) is 5.75 Å². The third kappa shape index (κ3) is 3.01. The maximum atomic E-state index is 5.58. The zero-order valence-corrected chi connectivity index (χ0v) is 14.5. The minimum Gasteiger partial charge on any atom is -0.496 e. The zero-order valence-electron chi connectivity index (χ0n) is 13.7. The van der Waals surface area contributed by atoms with Crippen LogP contribution < -0.4 is 10.1 Å². The Balaban J connectivity index is 0.00000169. The van der Waals surface area contributed by atoms with Gasteiger partial charge >= 0.3 is 0 Å². The molecule has 1 saturated heterocycles. The van der Waals surface area contributed by atoms with Crippen LogP contribution in [0.2, 0.25) is 0 Å². The van der Waals surface area contributed by atoms with Crippen LogP contribution in [0.3, 0.4) is 0 Å². The lowest BCUT2D eigenvalue weighted by Gasteiger charge is -2.15. The summed E-state index contributed by atoms with van der Waals surface area (Å²) in [5.41, 5.74) is 0.984. The molecule has 130 valence electrons. The topological polar surface area (TPSA) is 69.4 Å². The number of nitrogens with one attached hydrogen (secondary N) is 1. The Kier molecular flexibility index (Phi) is 5.08. The summed E-state index contributed by atoms with van der Waals surface area (Å²) < 4.78 is 16.7. The molecule has 2 heterocycles. The second-order valence-corrected chi connectivity index (χ2v) is 6.21. The van der Waals surface area contributed by atoms with Gasteiger partial charge in [-0.25, -0.2) is 0 Å². The quantitative estimate of drug-likeness (QED) is 0.911. The van der Waals surface area contributed by atoms with Gasteiger partial charge in [0.2, 0.25) is 5.89 Å². The van der Waals surface area contributed by atoms with Crippen LogP contribution in [0.25, 0.3) is 0 Å². The van der Waals surface area contributed by atoms with E-state index in [4.69, 9.17) is 19.0 Å². The highest BCUT2D eigenvalue weighted by atomic mass is 35.5. The Labute approximate surface area is 147 Å². The van der Waals surface area contributed by atoms with Gasteiger partial charge in [0.05, 0.1) is 31.7 Å². The van der Waals surface area contributed by atoms with Crippen molar-refractivity contribution in [2.45, 2.75) is 24.2 Å². The van der Waals surface area contributed by atoms with Crippen molar-refractivity contribution in [1.29, 1.82) is 0 Å². The van der Waals surface area contributed by atoms with Crippen LogP contribution >= 0.6 is 12.4 Å². The monoisotopic (exact) mass is 351 g/mol. The molecule has 1 atom stereocenters. The van der Waals surface area contributed by atoms with Crippen molar-refractivity contribution in [2.75, 3.05) is 33.4 Å². The van der Waals surface area contributed by atoms with E-state index < -0.39 is 0 Å². The number of methoxy groups -OCH3 is 1. The SMILES string of the molecule is COc1ccccc1C1(c2noc(C3CNCCOC3)n2)CC1.Cl. The molecule has 1 aromatic heterocycles. The van der Waals surface area contributed by atoms with Gasteiger partial charge in [-0.3, -0.25) is 0 Å². The molecule has 0 radical (unpaired) electrons. The summed E-state index contributed by atoms with van der Waals surface area (Å²) in [5.74, 6) is 2.43. The first kappa shape index (κ1) is 17.2. The van der Waals surface area contributed by atoms with E-state index in [-0.39, 0.29) is 23.7 Å². The summed E-state index contributed by atoms with van der Waals surface area (Å²) >= 11 is 0. The van der Waals surface area contributed by atoms with Crippen molar-refractivity contribution in [3.05, 3.63) is 41.5 Å². The summed E-state index contributed by atoms with van der Waals surface area (Å²) in [5, 5.41) is 7.62. The molecule has 1 aliphatic heterocycles. The Morgan fingerprint density at radius 2 is 2.12 bits per heavy atom. The molecule has 2 aromatic rings. The average Bonchev–Trinajstić information content (AvgIpc) is 3.33. The standard InChI is InChI=1S/C17H21N3O3.ClH/c1-21-14-5-3-2-4-13(14)17(6-7-17)16-19-15(23-20-16)12-10-18-8-9-22-11-12;/h2-5,12,18H,6-11H2,1H3;1H. The Bertz CT molecular complexity index is 679. The first-order chi connectivity index (χ1) is 11.3. The van der Waals surface area contributed by atoms with E-state index in [1.165, 1.54) is 0 Å². The lowest BCUT2D eigenvalue weighted by Crippen LogP contribution is -2.22. The van der Waals surface area contributed by atoms with Crippen molar-refractivity contribution >= 4 is 12.4 Å². The fraction of sp³-hybridized carbons (Fsp3) is 0.529. The van der Waals surface area contributed by atoms with E-state index in [1.807, 2.05) is 18.2 Å². The number of benzene rings is 1. The highest BCUT2D eigenvalue weighted by Gasteiger charge is 2.51. The van der Waals surface area contributed by atoms with E-state index in [9.17, 15) is 0 Å². The lowest BCUT2D eigenvalue weighted by molar-refractivity contribution is 0.133. The van der Waals surface area contributed by atoms with Gasteiger partial charge < -0.3 is 19.3 Å². The maximum Gasteiger partial charge on any atom is 0.233 e. The molecule has 24 heavy (non-hydrogen) atoms. The van der Waals surface area contributed by atoms with Crippen LogP contribution in [0.5, 0.6) is 5.75 Å². The molecule has 2 fully saturated rings. The average molecular weight is 352 g/mol. The van der Waals surface area contributed by atoms with Gasteiger partial charge in [-0.15, -0.1) is 12.4 Å². The van der Waals surface area contributed by atoms with E-state index >= 15 is 0 Å². The van der Waals surface area contributed by atoms with Gasteiger partial charge in [-0.05, 0) is 18.9 Å². The number of ether oxygens (including phenoxy) is 2. The summed E-state index contributed by atoms with van der Waals surface area (Å²) in [7, 11) is 1.70. The number of rotatable bonds is 4. The van der Waals surface area contributed by atoms with Crippen molar-refractivity contribution in [2.24, 2.45) is 0 Å². The Morgan fingerprint density at radius 1 is 1.29 bits per heavy atom. The highest BCUT2D eigenvalue weighted by Crippen LogP contribution is 2.54. The molecular weight excluding hydrogens is 330 g/mol. The number of aromatic nitrogens is 2. The predicted octanol–water partition coefficient (Wildman–Crippen LogP) is 2.28. The minimum absolute atomic E-state index is 0. The summed E-state index contributed by atoms with van der Waals surface area (Å²) in [4.78, 5) is 4.71. The molecular formula is C17H22ClN3O3. The second kappa shape index (κ2) is 7.09. The number of para-hydroxylation sites is 1. The molecule has 7 heteroatoms. The van der Waals surface area contributed by atoms with Crippen LogP contribution in [-0.4, -0.2) is 43.6 Å². The molecule has 1 aliphatic carbocycles. The molecule has 6 nitrogen and oxygen atoms in total. The molecule has 0 spiro atoms. The molecule has 0 amide bonds. The van der Waals surface area contributed by atoms with Gasteiger partial charge in [-0.2, -0.15) is 4.98 Å². The zero-order chi connectivity index (χ0) is 15.7. The lowest BCUT2D eigenvalue weighted by atomic mass is 9.94. The number of hydrogen-bond acceptors (Lipinski definition) is 6. The van der Waals surface area contributed by atoms with Gasteiger partial charge in [0.25, 0.3) is 0 Å². The first-order valence-electron chi connectivity index (χ1n) is 8.09. The molecule has 4 rings (SSSR count). The fourth-order valence-corrected chi connectivity index (χ4v) is 3.24. The summed E-state index contributed by atoms with van der Waals surface area (Å²) in [6.45, 7) is 3.02. The molecule has 0 bridgehead atoms. The van der Waals surface area contributed by atoms with Gasteiger partial charge in [0, 0.05) is 18.7 Å². The molecule has 1 saturated carbocycles. The first-order valence-corrected chi connectivity index (χ1v) is 8.09. The summed E-state index contributed by atoms with van der Waals surface area (Å²) in [6, 6.07) is 8.09. The molecule has 2 aliphatic rings. The molecule has 1 aromatic carbocycles. The van der Waals surface area contributed by atoms with Crippen LogP contribution in [0, 0.1) is 0 Å². The third-order valence-electron chi connectivity index (χ3n) is 4.72. The Hall–Kier alpha value is -1.63. The smallest absolute Gasteiger partial charge is 0.233 e. The minimum atomic E-state index is -0.159. The largest absolute Gasteiger partial charge is 0.496 e. The van der Waals surface area contributed by atoms with E-state index in [0.717, 1.165) is 49.7 Å². The van der Waals surface area contributed by atoms with Crippen LogP contribution in [-0.2, 0) is 10.2 Å². The van der Waals surface area contributed by atoms with Gasteiger partial charge in [0.1, 0.15) is 5.75 Å². The van der Waals surface area contributed by atoms with Gasteiger partial charge in [0.15, 0.2) is 5.82 Å². The van der Waals surface area contributed by atoms with E-state index in [1.54, 1.807) is 7.11 Å². The van der Waals surface area contributed by atoms with Crippen molar-refractivity contribution in [3.63, 3.8) is 0 Å². The number of nitrogens with zero attached hydrogens (tertiary/aromatic N) is 2. The fourth-order valence-electron chi connectivity index (χ4n) is 3.24. The van der Waals surface area contributed by atoms with Crippen LogP contribution in [0.1, 0.15) is 36.0 Å². The number of halogens is 1. The van der Waals surface area contributed by atoms with Crippen LogP contribution in [0.15, 0.2) is 28.8 Å². The van der Waals surface area contributed by atoms with Gasteiger partial charge in [-0.1, -0.05) is 23.4 Å². The second-order valence-electron chi connectivity index (χ2n) is 6.21. The number of hydrogen-bond donors (Lipinski definition) is 1. The summed E-state index contributed by atoms with van der Waals surface area (Å²) in [6.07, 6.45) is 2.04. The third-order valence-corrected chi connectivity index (χ3v) is 4.72. The highest BCUT2D eigenvalue weighted by molar-refractivity contribution is 5.85. The van der Waals surface area contributed by atoms with Crippen molar-refractivity contribution in [1.82, 2.24) is 15.5 Å². The van der Waals surface area contributed by atoms with E-state index in [2.05, 4.69) is 16.5 Å². The van der Waals surface area contributed by atoms with Crippen molar-refractivity contribution < 1.29 is 14.0 Å².